The Hall–Kier alpha value is -7.44. The number of carbonyl (C=O) groups excluding carboxylic acids is 1. The van der Waals surface area contributed by atoms with E-state index in [0.29, 0.717) is 12.6 Å². The van der Waals surface area contributed by atoms with Gasteiger partial charge in [-0.05, 0) is 194 Å². The van der Waals surface area contributed by atoms with Crippen molar-refractivity contribution < 1.29 is 28.0 Å². The first-order chi connectivity index (χ1) is 48.5. The third-order valence-corrected chi connectivity index (χ3v) is 33.0. The Morgan fingerprint density at radius 1 is 0.545 bits per heavy atom. The van der Waals surface area contributed by atoms with E-state index in [2.05, 4.69) is 245 Å². The average Bonchev–Trinajstić information content (AvgIpc) is 0.737. The number of nitro groups is 1. The summed E-state index contributed by atoms with van der Waals surface area (Å²) in [5.41, 5.74) is 3.92. The minimum absolute atomic E-state index is 0.00500. The maximum absolute atomic E-state index is 12.4. The van der Waals surface area contributed by atoms with Crippen LogP contribution in [0.15, 0.2) is 194 Å². The van der Waals surface area contributed by atoms with Gasteiger partial charge in [0.05, 0.1) is 4.92 Å². The molecule has 7 aromatic rings. The molecule has 1 heterocycles. The van der Waals surface area contributed by atoms with E-state index in [-0.39, 0.29) is 26.9 Å². The summed E-state index contributed by atoms with van der Waals surface area (Å²) in [6.07, 6.45) is 28.6. The first kappa shape index (κ1) is 76.2. The molecular formula is C88H112N4O7Si2. The molecule has 13 heteroatoms. The molecule has 6 aliphatic rings. The molecule has 11 nitrogen and oxygen atoms in total. The number of nitrogens with zero attached hydrogens (tertiary/aromatic N) is 4. The summed E-state index contributed by atoms with van der Waals surface area (Å²) in [6, 6.07) is 66.8. The molecule has 1 saturated heterocycles. The van der Waals surface area contributed by atoms with Crippen LogP contribution in [0.1, 0.15) is 168 Å². The highest BCUT2D eigenvalue weighted by Crippen LogP contribution is 2.64. The van der Waals surface area contributed by atoms with E-state index < -0.39 is 33.3 Å². The van der Waals surface area contributed by atoms with Crippen molar-refractivity contribution in [1.82, 2.24) is 14.7 Å². The lowest BCUT2D eigenvalue weighted by Crippen LogP contribution is -2.67. The molecule has 5 saturated carbocycles. The lowest BCUT2D eigenvalue weighted by molar-refractivity contribution is -0.384. The van der Waals surface area contributed by atoms with Crippen LogP contribution in [-0.4, -0.2) is 107 Å². The number of nitro benzene ring substituents is 1. The summed E-state index contributed by atoms with van der Waals surface area (Å²) >= 11 is 0. The van der Waals surface area contributed by atoms with Crippen LogP contribution in [0.25, 0.3) is 0 Å². The second-order valence-electron chi connectivity index (χ2n) is 32.2. The van der Waals surface area contributed by atoms with Gasteiger partial charge in [0.25, 0.3) is 22.3 Å². The Morgan fingerprint density at radius 2 is 0.941 bits per heavy atom. The fourth-order valence-electron chi connectivity index (χ4n) is 17.9. The Morgan fingerprint density at radius 3 is 1.32 bits per heavy atom. The standard InChI is InChI=1S/C34H44N2OSi.C34H43NOSi.C20H25NO5/c1-6-29-20-22-30(23-21-29)27-36(28-31-15-13-14-24-35(31)5)25-26-37-38(34(2,3)4,32-16-9-7-10-17-32)33-18-11-8-12-19-33;1-5-29-21-23-31(24-22-29)28-35(27-30-15-9-6-10-16-30)25-26-36-37(34(2,3)4,32-17-11-7-12-18-32)33-19-13-8-14-20-33;1-19(2,20-10-13-7-14(11-20)9-15(8-13)12-20)26-18(22)25-17-5-3-16(4-6-17)21(23)24/h1,7-12,16-23,31H,13-15,24-28H2,2-5H3;1,7-8,11-14,17-24,30H,6,9-10,15-16,25-28H2,2-4H3;3-6,13-15H,7-12H2,1-2H3. The van der Waals surface area contributed by atoms with Crippen molar-refractivity contribution in [3.8, 4) is 30.4 Å². The zero-order chi connectivity index (χ0) is 71.7. The molecule has 101 heavy (non-hydrogen) atoms. The number of likely N-dealkylation sites (N-methyl/N-ethyl adjacent to an activating group) is 1. The predicted molar refractivity (Wildman–Crippen MR) is 418 cm³/mol. The first-order valence-electron chi connectivity index (χ1n) is 37.4. The lowest BCUT2D eigenvalue weighted by atomic mass is 9.46. The monoisotopic (exact) mass is 1390 g/mol. The van der Waals surface area contributed by atoms with Gasteiger partial charge in [-0.3, -0.25) is 19.9 Å². The Balaban J connectivity index is 0.000000166. The van der Waals surface area contributed by atoms with E-state index in [1.807, 2.05) is 13.8 Å². The molecule has 5 aliphatic carbocycles. The van der Waals surface area contributed by atoms with E-state index in [9.17, 15) is 14.9 Å². The number of hydrogen-bond acceptors (Lipinski definition) is 10. The van der Waals surface area contributed by atoms with Crippen LogP contribution in [0.5, 0.6) is 5.75 Å². The number of hydrogen-bond donors (Lipinski definition) is 0. The molecule has 7 aromatic carbocycles. The Labute approximate surface area is 607 Å². The number of ether oxygens (including phenoxy) is 2. The smallest absolute Gasteiger partial charge is 0.427 e. The fourth-order valence-corrected chi connectivity index (χ4v) is 27.0. The number of rotatable bonds is 24. The third kappa shape index (κ3) is 19.3. The van der Waals surface area contributed by atoms with Gasteiger partial charge in [-0.2, -0.15) is 0 Å². The molecule has 4 bridgehead atoms. The van der Waals surface area contributed by atoms with Gasteiger partial charge in [-0.15, -0.1) is 12.8 Å². The molecule has 0 N–H and O–H groups in total. The summed E-state index contributed by atoms with van der Waals surface area (Å²) in [5, 5.41) is 16.0. The van der Waals surface area contributed by atoms with Gasteiger partial charge in [0, 0.05) is 87.2 Å². The molecular weight excluding hydrogens is 1280 g/mol. The van der Waals surface area contributed by atoms with Crippen LogP contribution < -0.4 is 25.5 Å². The number of benzene rings is 7. The van der Waals surface area contributed by atoms with Gasteiger partial charge in [-0.25, -0.2) is 4.79 Å². The normalized spacial score (nSPS) is 20.2. The Kier molecular flexibility index (Phi) is 26.2. The number of piperidine rings is 1. The van der Waals surface area contributed by atoms with E-state index in [4.69, 9.17) is 31.2 Å². The second-order valence-corrected chi connectivity index (χ2v) is 40.8. The minimum atomic E-state index is -2.55. The summed E-state index contributed by atoms with van der Waals surface area (Å²) in [5.74, 6) is 8.83. The molecule has 0 aromatic heterocycles. The van der Waals surface area contributed by atoms with Gasteiger partial charge < -0.3 is 23.2 Å². The third-order valence-electron chi connectivity index (χ3n) is 22.9. The van der Waals surface area contributed by atoms with Gasteiger partial charge in [0.1, 0.15) is 11.4 Å². The topological polar surface area (TPSA) is 107 Å². The summed E-state index contributed by atoms with van der Waals surface area (Å²) < 4.78 is 25.5. The highest BCUT2D eigenvalue weighted by atomic mass is 28.4. The number of non-ortho nitro benzene ring substituents is 1. The Bertz CT molecular complexity index is 3690. The van der Waals surface area contributed by atoms with Crippen molar-refractivity contribution in [3.63, 3.8) is 0 Å². The van der Waals surface area contributed by atoms with Gasteiger partial charge in [0.15, 0.2) is 0 Å². The van der Waals surface area contributed by atoms with Gasteiger partial charge >= 0.3 is 6.16 Å². The highest BCUT2D eigenvalue weighted by Gasteiger charge is 2.59. The SMILES string of the molecule is C#Cc1ccc(CN(CCO[Si](c2ccccc2)(c2ccccc2)C(C)(C)C)CC2CCCCC2)cc1.C#Cc1ccc(CN(CCO[Si](c2ccccc2)(c2ccccc2)C(C)(C)C)CC2CCCCN2C)cc1.CC(C)(OC(=O)Oc1ccc([N+](=O)[O-])cc1)C12CC3CC(CC(C3)C1)C2. The van der Waals surface area contributed by atoms with Crippen molar-refractivity contribution in [2.24, 2.45) is 29.1 Å². The van der Waals surface area contributed by atoms with E-state index in [0.717, 1.165) is 99.9 Å². The highest BCUT2D eigenvalue weighted by molar-refractivity contribution is 7.00. The number of terminal acetylenes is 2. The maximum atomic E-state index is 12.4. The van der Waals surface area contributed by atoms with Crippen molar-refractivity contribution in [2.45, 2.75) is 180 Å². The van der Waals surface area contributed by atoms with Crippen LogP contribution >= 0.6 is 0 Å². The van der Waals surface area contributed by atoms with Crippen molar-refractivity contribution >= 4 is 49.2 Å². The van der Waals surface area contributed by atoms with Crippen molar-refractivity contribution in [1.29, 1.82) is 0 Å². The molecule has 13 rings (SSSR count). The number of likely N-dealkylation sites (tertiary alicyclic amines) is 1. The molecule has 0 radical (unpaired) electrons. The molecule has 1 aliphatic heterocycles. The van der Waals surface area contributed by atoms with Crippen LogP contribution in [0.4, 0.5) is 10.5 Å². The average molecular weight is 1390 g/mol. The van der Waals surface area contributed by atoms with Crippen LogP contribution in [0, 0.1) is 63.9 Å². The van der Waals surface area contributed by atoms with Crippen molar-refractivity contribution in [3.05, 3.63) is 226 Å². The van der Waals surface area contributed by atoms with E-state index in [1.165, 1.54) is 133 Å². The minimum Gasteiger partial charge on any atom is -0.427 e. The van der Waals surface area contributed by atoms with Crippen molar-refractivity contribution in [2.75, 3.05) is 53.0 Å². The molecule has 534 valence electrons. The van der Waals surface area contributed by atoms with Gasteiger partial charge in [-0.1, -0.05) is 225 Å². The van der Waals surface area contributed by atoms with Crippen LogP contribution in [0.3, 0.4) is 0 Å². The molecule has 6 fully saturated rings. The lowest BCUT2D eigenvalue weighted by Gasteiger charge is -2.61. The second kappa shape index (κ2) is 34.7. The molecule has 1 atom stereocenters. The van der Waals surface area contributed by atoms with Gasteiger partial charge in [0.2, 0.25) is 0 Å². The van der Waals surface area contributed by atoms with Crippen LogP contribution in [-0.2, 0) is 26.7 Å². The first-order valence-corrected chi connectivity index (χ1v) is 41.2. The fraction of sp³-hybridized carbons (Fsp3) is 0.466. The predicted octanol–water partition coefficient (Wildman–Crippen LogP) is 17.3. The zero-order valence-corrected chi connectivity index (χ0v) is 63.9. The summed E-state index contributed by atoms with van der Waals surface area (Å²) in [6.45, 7) is 26.6. The molecule has 1 unspecified atom stereocenters. The molecule has 0 spiro atoms. The quantitative estimate of drug-likeness (QED) is 0.0145. The van der Waals surface area contributed by atoms with Crippen LogP contribution in [0.2, 0.25) is 10.1 Å². The molecule has 0 amide bonds. The maximum Gasteiger partial charge on any atom is 0.514 e. The summed E-state index contributed by atoms with van der Waals surface area (Å²) in [4.78, 5) is 30.3. The van der Waals surface area contributed by atoms with E-state index >= 15 is 0 Å². The summed E-state index contributed by atoms with van der Waals surface area (Å²) in [7, 11) is -2.79. The number of carbonyl (C=O) groups is 1. The largest absolute Gasteiger partial charge is 0.514 e. The van der Waals surface area contributed by atoms with E-state index in [1.54, 1.807) is 0 Å². The zero-order valence-electron chi connectivity index (χ0n) is 61.9.